The van der Waals surface area contributed by atoms with E-state index >= 15 is 0 Å². The Balaban J connectivity index is 1.29. The van der Waals surface area contributed by atoms with Gasteiger partial charge in [-0.3, -0.25) is 0 Å². The Bertz CT molecular complexity index is 768. The van der Waals surface area contributed by atoms with E-state index in [0.717, 1.165) is 78.7 Å². The van der Waals surface area contributed by atoms with Crippen molar-refractivity contribution in [3.63, 3.8) is 0 Å². The molecule has 4 rings (SSSR count). The molecule has 0 saturated carbocycles. The predicted molar refractivity (Wildman–Crippen MR) is 116 cm³/mol. The van der Waals surface area contributed by atoms with Crippen LogP contribution in [0, 0.1) is 0 Å². The Labute approximate surface area is 174 Å². The Hall–Kier alpha value is -1.41. The van der Waals surface area contributed by atoms with Crippen LogP contribution < -0.4 is 10.2 Å². The number of piperazine rings is 1. The zero-order valence-corrected chi connectivity index (χ0v) is 17.5. The lowest BCUT2D eigenvalue weighted by Gasteiger charge is -2.36. The van der Waals surface area contributed by atoms with Crippen LogP contribution in [0.25, 0.3) is 11.3 Å². The molecule has 27 heavy (non-hydrogen) atoms. The van der Waals surface area contributed by atoms with Gasteiger partial charge >= 0.3 is 0 Å². The number of thiazole rings is 1. The summed E-state index contributed by atoms with van der Waals surface area (Å²) in [6.45, 7) is 5.37. The molecule has 0 bridgehead atoms. The summed E-state index contributed by atoms with van der Waals surface area (Å²) in [6, 6.07) is 7.83. The SMILES string of the molecule is S=C(NC[C@H]1CCCO1)N1CCN(c2nc(-c3ccc(Cl)cc3)cs2)CC1. The molecule has 3 heterocycles. The van der Waals surface area contributed by atoms with E-state index in [1.807, 2.05) is 24.3 Å². The quantitative estimate of drug-likeness (QED) is 0.758. The minimum Gasteiger partial charge on any atom is -0.376 e. The number of rotatable bonds is 4. The van der Waals surface area contributed by atoms with Crippen LogP contribution in [0.2, 0.25) is 5.02 Å². The average molecular weight is 423 g/mol. The summed E-state index contributed by atoms with van der Waals surface area (Å²) in [5.41, 5.74) is 2.10. The van der Waals surface area contributed by atoms with Gasteiger partial charge in [-0.2, -0.15) is 0 Å². The van der Waals surface area contributed by atoms with Crippen molar-refractivity contribution in [1.29, 1.82) is 0 Å². The maximum Gasteiger partial charge on any atom is 0.185 e. The normalized spacial score (nSPS) is 20.1. The molecule has 0 spiro atoms. The van der Waals surface area contributed by atoms with Crippen LogP contribution in [0.4, 0.5) is 5.13 Å². The van der Waals surface area contributed by atoms with Gasteiger partial charge in [0.1, 0.15) is 0 Å². The molecule has 2 aliphatic rings. The van der Waals surface area contributed by atoms with Crippen LogP contribution in [0.1, 0.15) is 12.8 Å². The monoisotopic (exact) mass is 422 g/mol. The second kappa shape index (κ2) is 8.73. The third-order valence-corrected chi connectivity index (χ3v) is 6.53. The first kappa shape index (κ1) is 18.9. The molecule has 2 fully saturated rings. The summed E-state index contributed by atoms with van der Waals surface area (Å²) in [5.74, 6) is 0. The van der Waals surface area contributed by atoms with Gasteiger partial charge in [-0.15, -0.1) is 11.3 Å². The van der Waals surface area contributed by atoms with Gasteiger partial charge in [0.05, 0.1) is 11.8 Å². The largest absolute Gasteiger partial charge is 0.376 e. The molecule has 1 atom stereocenters. The predicted octanol–water partition coefficient (Wildman–Crippen LogP) is 3.64. The highest BCUT2D eigenvalue weighted by atomic mass is 35.5. The maximum absolute atomic E-state index is 5.97. The van der Waals surface area contributed by atoms with E-state index in [2.05, 4.69) is 20.5 Å². The van der Waals surface area contributed by atoms with Gasteiger partial charge in [0.15, 0.2) is 10.2 Å². The summed E-state index contributed by atoms with van der Waals surface area (Å²) in [4.78, 5) is 9.39. The number of nitrogens with zero attached hydrogens (tertiary/aromatic N) is 3. The lowest BCUT2D eigenvalue weighted by atomic mass is 10.2. The molecular weight excluding hydrogens is 400 g/mol. The van der Waals surface area contributed by atoms with Gasteiger partial charge in [0.25, 0.3) is 0 Å². The minimum absolute atomic E-state index is 0.311. The van der Waals surface area contributed by atoms with E-state index in [9.17, 15) is 0 Å². The van der Waals surface area contributed by atoms with Gasteiger partial charge in [-0.1, -0.05) is 23.7 Å². The second-order valence-electron chi connectivity index (χ2n) is 6.82. The Morgan fingerprint density at radius 1 is 1.26 bits per heavy atom. The van der Waals surface area contributed by atoms with E-state index in [0.29, 0.717) is 6.10 Å². The molecule has 0 radical (unpaired) electrons. The lowest BCUT2D eigenvalue weighted by molar-refractivity contribution is 0.113. The molecule has 0 unspecified atom stereocenters. The second-order valence-corrected chi connectivity index (χ2v) is 8.48. The van der Waals surface area contributed by atoms with Gasteiger partial charge < -0.3 is 19.9 Å². The van der Waals surface area contributed by atoms with Crippen molar-refractivity contribution in [3.05, 3.63) is 34.7 Å². The molecule has 0 aliphatic carbocycles. The molecule has 1 aromatic heterocycles. The topological polar surface area (TPSA) is 40.6 Å². The first-order chi connectivity index (χ1) is 13.2. The molecule has 2 aromatic rings. The van der Waals surface area contributed by atoms with E-state index in [-0.39, 0.29) is 0 Å². The summed E-state index contributed by atoms with van der Waals surface area (Å²) in [7, 11) is 0. The fraction of sp³-hybridized carbons (Fsp3) is 0.474. The van der Waals surface area contributed by atoms with E-state index < -0.39 is 0 Å². The molecule has 1 aromatic carbocycles. The average Bonchev–Trinajstić information content (AvgIpc) is 3.39. The summed E-state index contributed by atoms with van der Waals surface area (Å²) < 4.78 is 5.65. The Morgan fingerprint density at radius 2 is 2.04 bits per heavy atom. The summed E-state index contributed by atoms with van der Waals surface area (Å²) >= 11 is 13.2. The van der Waals surface area contributed by atoms with Crippen molar-refractivity contribution >= 4 is 45.4 Å². The lowest BCUT2D eigenvalue weighted by Crippen LogP contribution is -2.52. The van der Waals surface area contributed by atoms with E-state index in [1.54, 1.807) is 11.3 Å². The number of benzene rings is 1. The zero-order chi connectivity index (χ0) is 18.6. The Kier molecular flexibility index (Phi) is 6.12. The van der Waals surface area contributed by atoms with Crippen molar-refractivity contribution in [2.45, 2.75) is 18.9 Å². The highest BCUT2D eigenvalue weighted by Gasteiger charge is 2.22. The van der Waals surface area contributed by atoms with Crippen molar-refractivity contribution in [1.82, 2.24) is 15.2 Å². The first-order valence-corrected chi connectivity index (χ1v) is 11.0. The maximum atomic E-state index is 5.97. The number of nitrogens with one attached hydrogen (secondary N) is 1. The first-order valence-electron chi connectivity index (χ1n) is 9.30. The van der Waals surface area contributed by atoms with Crippen LogP contribution in [0.15, 0.2) is 29.6 Å². The molecule has 144 valence electrons. The zero-order valence-electron chi connectivity index (χ0n) is 15.1. The highest BCUT2D eigenvalue weighted by Crippen LogP contribution is 2.28. The van der Waals surface area contributed by atoms with Gasteiger partial charge in [0, 0.05) is 55.3 Å². The van der Waals surface area contributed by atoms with E-state index in [1.165, 1.54) is 0 Å². The molecule has 1 N–H and O–H groups in total. The van der Waals surface area contributed by atoms with Crippen LogP contribution in [0.5, 0.6) is 0 Å². The summed E-state index contributed by atoms with van der Waals surface area (Å²) in [5, 5.41) is 8.13. The highest BCUT2D eigenvalue weighted by molar-refractivity contribution is 7.80. The van der Waals surface area contributed by atoms with Crippen molar-refractivity contribution < 1.29 is 4.74 Å². The Morgan fingerprint density at radius 3 is 2.74 bits per heavy atom. The number of ether oxygens (including phenoxy) is 1. The number of hydrogen-bond donors (Lipinski definition) is 1. The van der Waals surface area contributed by atoms with Gasteiger partial charge in [-0.25, -0.2) is 4.98 Å². The molecule has 2 saturated heterocycles. The number of aromatic nitrogens is 1. The van der Waals surface area contributed by atoms with Crippen LogP contribution >= 0.6 is 35.2 Å². The van der Waals surface area contributed by atoms with E-state index in [4.69, 9.17) is 33.5 Å². The van der Waals surface area contributed by atoms with Gasteiger partial charge in [-0.05, 0) is 37.2 Å². The standard InChI is InChI=1S/C19H23ClN4OS2/c20-15-5-3-14(4-6-15)17-13-27-19(22-17)24-9-7-23(8-10-24)18(26)21-12-16-2-1-11-25-16/h3-6,13,16H,1-2,7-12H2,(H,21,26)/t16-/m1/s1. The smallest absolute Gasteiger partial charge is 0.185 e. The molecular formula is C19H23ClN4OS2. The molecule has 5 nitrogen and oxygen atoms in total. The fourth-order valence-electron chi connectivity index (χ4n) is 3.38. The summed E-state index contributed by atoms with van der Waals surface area (Å²) in [6.07, 6.45) is 2.60. The molecule has 2 aliphatic heterocycles. The number of thiocarbonyl (C=S) groups is 1. The van der Waals surface area contributed by atoms with Crippen LogP contribution in [-0.2, 0) is 4.74 Å². The van der Waals surface area contributed by atoms with Crippen molar-refractivity contribution in [2.24, 2.45) is 0 Å². The third kappa shape index (κ3) is 4.71. The van der Waals surface area contributed by atoms with Gasteiger partial charge in [0.2, 0.25) is 0 Å². The fourth-order valence-corrected chi connectivity index (χ4v) is 4.66. The molecule has 8 heteroatoms. The van der Waals surface area contributed by atoms with Crippen LogP contribution in [0.3, 0.4) is 0 Å². The third-order valence-electron chi connectivity index (χ3n) is 4.97. The van der Waals surface area contributed by atoms with Crippen molar-refractivity contribution in [2.75, 3.05) is 44.2 Å². The van der Waals surface area contributed by atoms with Crippen LogP contribution in [-0.4, -0.2) is 60.4 Å². The number of halogens is 1. The minimum atomic E-state index is 0.311. The molecule has 0 amide bonds. The van der Waals surface area contributed by atoms with Crippen molar-refractivity contribution in [3.8, 4) is 11.3 Å². The number of hydrogen-bond acceptors (Lipinski definition) is 5. The number of anilines is 1.